The first-order chi connectivity index (χ1) is 8.19. The molecule has 0 bridgehead atoms. The number of ether oxygens (including phenoxy) is 1. The van der Waals surface area contributed by atoms with Gasteiger partial charge in [-0.2, -0.15) is 0 Å². The second-order valence-electron chi connectivity index (χ2n) is 4.41. The third-order valence-electron chi connectivity index (χ3n) is 2.80. The Hall–Kier alpha value is -1.06. The molecule has 0 amide bonds. The molecule has 1 aromatic carbocycles. The van der Waals surface area contributed by atoms with Crippen molar-refractivity contribution in [1.29, 1.82) is 0 Å². The number of hydrogen-bond donors (Lipinski definition) is 2. The third-order valence-corrected chi connectivity index (χ3v) is 2.80. The lowest BCUT2D eigenvalue weighted by Crippen LogP contribution is -2.19. The van der Waals surface area contributed by atoms with Crippen LogP contribution >= 0.6 is 0 Å². The van der Waals surface area contributed by atoms with Crippen molar-refractivity contribution in [3.63, 3.8) is 0 Å². The molecule has 0 atom stereocenters. The van der Waals surface area contributed by atoms with Crippen LogP contribution in [0.5, 0.6) is 5.75 Å². The number of rotatable bonds is 7. The fourth-order valence-electron chi connectivity index (χ4n) is 2.08. The summed E-state index contributed by atoms with van der Waals surface area (Å²) in [5.41, 5.74) is 3.74. The molecule has 1 rings (SSSR count). The second-order valence-corrected chi connectivity index (χ2v) is 4.41. The summed E-state index contributed by atoms with van der Waals surface area (Å²) >= 11 is 0. The monoisotopic (exact) mass is 236 g/mol. The third kappa shape index (κ3) is 4.36. The average molecular weight is 236 g/mol. The van der Waals surface area contributed by atoms with E-state index >= 15 is 0 Å². The van der Waals surface area contributed by atoms with Gasteiger partial charge >= 0.3 is 0 Å². The Bertz CT molecular complexity index is 350. The molecular weight excluding hydrogens is 212 g/mol. The highest BCUT2D eigenvalue weighted by atomic mass is 16.5. The molecular formula is C14H24N2O. The van der Waals surface area contributed by atoms with Gasteiger partial charge in [0.2, 0.25) is 0 Å². The molecule has 96 valence electrons. The van der Waals surface area contributed by atoms with Crippen LogP contribution in [0.3, 0.4) is 0 Å². The lowest BCUT2D eigenvalue weighted by Gasteiger charge is -2.13. The quantitative estimate of drug-likeness (QED) is 0.711. The van der Waals surface area contributed by atoms with E-state index in [4.69, 9.17) is 4.74 Å². The summed E-state index contributed by atoms with van der Waals surface area (Å²) in [4.78, 5) is 0. The van der Waals surface area contributed by atoms with Crippen LogP contribution in [-0.4, -0.2) is 27.2 Å². The zero-order chi connectivity index (χ0) is 12.7. The molecule has 0 aliphatic heterocycles. The van der Waals surface area contributed by atoms with E-state index in [9.17, 15) is 0 Å². The van der Waals surface area contributed by atoms with Gasteiger partial charge < -0.3 is 15.4 Å². The van der Waals surface area contributed by atoms with Crippen LogP contribution in [0.25, 0.3) is 0 Å². The maximum Gasteiger partial charge on any atom is 0.126 e. The van der Waals surface area contributed by atoms with Crippen LogP contribution in [0, 0.1) is 13.8 Å². The Labute approximate surface area is 105 Å². The van der Waals surface area contributed by atoms with E-state index in [0.29, 0.717) is 0 Å². The van der Waals surface area contributed by atoms with Crippen molar-refractivity contribution in [1.82, 2.24) is 10.6 Å². The Kier molecular flexibility index (Phi) is 6.01. The normalized spacial score (nSPS) is 10.6. The molecule has 3 heteroatoms. The van der Waals surface area contributed by atoms with Crippen molar-refractivity contribution in [3.8, 4) is 5.75 Å². The predicted molar refractivity (Wildman–Crippen MR) is 72.7 cm³/mol. The average Bonchev–Trinajstić information content (AvgIpc) is 2.28. The molecule has 0 unspecified atom stereocenters. The Morgan fingerprint density at radius 3 is 2.59 bits per heavy atom. The molecule has 1 aromatic rings. The zero-order valence-electron chi connectivity index (χ0n) is 11.4. The maximum absolute atomic E-state index is 5.46. The first kappa shape index (κ1) is 14.0. The summed E-state index contributed by atoms with van der Waals surface area (Å²) in [5.74, 6) is 1.01. The highest BCUT2D eigenvalue weighted by molar-refractivity contribution is 5.43. The molecule has 0 heterocycles. The first-order valence-electron chi connectivity index (χ1n) is 6.18. The van der Waals surface area contributed by atoms with Gasteiger partial charge in [0.15, 0.2) is 0 Å². The van der Waals surface area contributed by atoms with Crippen molar-refractivity contribution < 1.29 is 4.74 Å². The van der Waals surface area contributed by atoms with Gasteiger partial charge in [-0.15, -0.1) is 0 Å². The number of hydrogen-bond acceptors (Lipinski definition) is 3. The van der Waals surface area contributed by atoms with Crippen LogP contribution in [0.4, 0.5) is 0 Å². The molecule has 0 aliphatic rings. The van der Waals surface area contributed by atoms with Crippen LogP contribution < -0.4 is 15.4 Å². The fraction of sp³-hybridized carbons (Fsp3) is 0.571. The second kappa shape index (κ2) is 7.30. The fourth-order valence-corrected chi connectivity index (χ4v) is 2.08. The summed E-state index contributed by atoms with van der Waals surface area (Å²) in [6, 6.07) is 4.35. The molecule has 0 saturated heterocycles. The number of aryl methyl sites for hydroxylation is 2. The summed E-state index contributed by atoms with van der Waals surface area (Å²) in [6.07, 6.45) is 1.14. The molecule has 0 spiro atoms. The number of methoxy groups -OCH3 is 1. The topological polar surface area (TPSA) is 33.3 Å². The molecule has 17 heavy (non-hydrogen) atoms. The van der Waals surface area contributed by atoms with Crippen molar-refractivity contribution in [2.45, 2.75) is 26.8 Å². The van der Waals surface area contributed by atoms with Crippen molar-refractivity contribution in [2.75, 3.05) is 27.2 Å². The summed E-state index contributed by atoms with van der Waals surface area (Å²) in [7, 11) is 3.72. The van der Waals surface area contributed by atoms with E-state index < -0.39 is 0 Å². The van der Waals surface area contributed by atoms with Gasteiger partial charge in [0.05, 0.1) is 7.11 Å². The highest BCUT2D eigenvalue weighted by Gasteiger charge is 2.06. The Balaban J connectivity index is 2.57. The zero-order valence-corrected chi connectivity index (χ0v) is 11.4. The minimum Gasteiger partial charge on any atom is -0.496 e. The molecule has 0 saturated carbocycles. The summed E-state index contributed by atoms with van der Waals surface area (Å²) in [5, 5.41) is 6.59. The van der Waals surface area contributed by atoms with E-state index in [0.717, 1.165) is 31.8 Å². The van der Waals surface area contributed by atoms with E-state index in [1.54, 1.807) is 7.11 Å². The minimum absolute atomic E-state index is 0.870. The lowest BCUT2D eigenvalue weighted by atomic mass is 10.1. The van der Waals surface area contributed by atoms with Crippen LogP contribution in [0.1, 0.15) is 23.1 Å². The van der Waals surface area contributed by atoms with E-state index in [-0.39, 0.29) is 0 Å². The van der Waals surface area contributed by atoms with Gasteiger partial charge in [-0.1, -0.05) is 17.7 Å². The van der Waals surface area contributed by atoms with E-state index in [2.05, 4.69) is 36.6 Å². The van der Waals surface area contributed by atoms with Gasteiger partial charge in [0, 0.05) is 12.1 Å². The molecule has 2 N–H and O–H groups in total. The van der Waals surface area contributed by atoms with Gasteiger partial charge in [-0.25, -0.2) is 0 Å². The predicted octanol–water partition coefficient (Wildman–Crippen LogP) is 2.01. The minimum atomic E-state index is 0.870. The largest absolute Gasteiger partial charge is 0.496 e. The van der Waals surface area contributed by atoms with Gasteiger partial charge in [-0.05, 0) is 46.0 Å². The van der Waals surface area contributed by atoms with Gasteiger partial charge in [0.1, 0.15) is 5.75 Å². The SMILES string of the molecule is CNCCCNCc1cc(C)cc(C)c1OC. The lowest BCUT2D eigenvalue weighted by molar-refractivity contribution is 0.404. The number of benzene rings is 1. The Morgan fingerprint density at radius 2 is 1.94 bits per heavy atom. The van der Waals surface area contributed by atoms with Crippen molar-refractivity contribution in [2.24, 2.45) is 0 Å². The summed E-state index contributed by atoms with van der Waals surface area (Å²) in [6.45, 7) is 7.16. The maximum atomic E-state index is 5.46. The van der Waals surface area contributed by atoms with Gasteiger partial charge in [-0.3, -0.25) is 0 Å². The van der Waals surface area contributed by atoms with Crippen LogP contribution in [0.2, 0.25) is 0 Å². The summed E-state index contributed by atoms with van der Waals surface area (Å²) < 4.78 is 5.46. The van der Waals surface area contributed by atoms with Crippen molar-refractivity contribution in [3.05, 3.63) is 28.8 Å². The molecule has 0 aliphatic carbocycles. The number of nitrogens with one attached hydrogen (secondary N) is 2. The Morgan fingerprint density at radius 1 is 1.18 bits per heavy atom. The first-order valence-corrected chi connectivity index (χ1v) is 6.18. The standard InChI is InChI=1S/C14H24N2O/c1-11-8-12(2)14(17-4)13(9-11)10-16-7-5-6-15-3/h8-9,15-16H,5-7,10H2,1-4H3. The van der Waals surface area contributed by atoms with Gasteiger partial charge in [0.25, 0.3) is 0 Å². The molecule has 3 nitrogen and oxygen atoms in total. The van der Waals surface area contributed by atoms with E-state index in [1.165, 1.54) is 16.7 Å². The van der Waals surface area contributed by atoms with E-state index in [1.807, 2.05) is 7.05 Å². The highest BCUT2D eigenvalue weighted by Crippen LogP contribution is 2.24. The molecule has 0 aromatic heterocycles. The molecule has 0 fully saturated rings. The smallest absolute Gasteiger partial charge is 0.126 e. The molecule has 0 radical (unpaired) electrons. The van der Waals surface area contributed by atoms with Crippen LogP contribution in [-0.2, 0) is 6.54 Å². The van der Waals surface area contributed by atoms with Crippen LogP contribution in [0.15, 0.2) is 12.1 Å². The van der Waals surface area contributed by atoms with Crippen molar-refractivity contribution >= 4 is 0 Å².